The summed E-state index contributed by atoms with van der Waals surface area (Å²) in [6.07, 6.45) is 10.8. The quantitative estimate of drug-likeness (QED) is 0.113. The Labute approximate surface area is 219 Å². The highest BCUT2D eigenvalue weighted by atomic mass is 35.5. The van der Waals surface area contributed by atoms with Crippen molar-refractivity contribution < 1.29 is 0 Å². The second-order valence-electron chi connectivity index (χ2n) is 8.29. The lowest BCUT2D eigenvalue weighted by Gasteiger charge is -2.07. The van der Waals surface area contributed by atoms with E-state index < -0.39 is 0 Å². The van der Waals surface area contributed by atoms with Crippen LogP contribution in [-0.2, 0) is 0 Å². The summed E-state index contributed by atoms with van der Waals surface area (Å²) < 4.78 is 0. The fourth-order valence-corrected chi connectivity index (χ4v) is 3.44. The average molecular weight is 527 g/mol. The van der Waals surface area contributed by atoms with Gasteiger partial charge in [-0.25, -0.2) is 0 Å². The summed E-state index contributed by atoms with van der Waals surface area (Å²) >= 11 is 0. The molecule has 15 heteroatoms. The van der Waals surface area contributed by atoms with Gasteiger partial charge in [0.25, 0.3) is 0 Å². The van der Waals surface area contributed by atoms with Crippen LogP contribution in [-0.4, -0.2) is 69.2 Å². The molecule has 0 aliphatic rings. The van der Waals surface area contributed by atoms with E-state index in [9.17, 15) is 0 Å². The molecule has 12 N–H and O–H groups in total. The highest BCUT2D eigenvalue weighted by Gasteiger charge is 2.01. The zero-order valence-corrected chi connectivity index (χ0v) is 21.8. The molecule has 0 aliphatic carbocycles. The Balaban J connectivity index is 0.00000648. The molecule has 2 rings (SSSR count). The van der Waals surface area contributed by atoms with Crippen LogP contribution in [0.5, 0.6) is 0 Å². The molecule has 0 atom stereocenters. The Morgan fingerprint density at radius 3 is 1.06 bits per heavy atom. The van der Waals surface area contributed by atoms with E-state index >= 15 is 0 Å². The predicted octanol–water partition coefficient (Wildman–Crippen LogP) is 1.02. The minimum atomic E-state index is 0. The van der Waals surface area contributed by atoms with E-state index in [-0.39, 0.29) is 36.2 Å². The maximum Gasteiger partial charge on any atom is 0.229 e. The third-order valence-electron chi connectivity index (χ3n) is 5.17. The highest BCUT2D eigenvalue weighted by Crippen LogP contribution is 2.07. The van der Waals surface area contributed by atoms with Crippen molar-refractivity contribution >= 4 is 48.1 Å². The molecule has 0 saturated heterocycles. The molecule has 2 heterocycles. The molecule has 2 aromatic rings. The van der Waals surface area contributed by atoms with E-state index in [0.717, 1.165) is 52.1 Å². The number of anilines is 6. The maximum atomic E-state index is 5.54. The van der Waals surface area contributed by atoms with Gasteiger partial charge in [-0.1, -0.05) is 32.1 Å². The number of nitrogen functional groups attached to an aromatic ring is 4. The summed E-state index contributed by atoms with van der Waals surface area (Å²) in [6, 6.07) is 0. The van der Waals surface area contributed by atoms with Crippen LogP contribution >= 0.6 is 12.4 Å². The molecule has 2 aromatic heterocycles. The van der Waals surface area contributed by atoms with Crippen molar-refractivity contribution in [2.45, 2.75) is 57.8 Å². The third kappa shape index (κ3) is 15.1. The van der Waals surface area contributed by atoms with Crippen LogP contribution in [0.4, 0.5) is 35.7 Å². The van der Waals surface area contributed by atoms with E-state index in [2.05, 4.69) is 51.2 Å². The molecule has 36 heavy (non-hydrogen) atoms. The predicted molar refractivity (Wildman–Crippen MR) is 149 cm³/mol. The molecular formula is C21H43ClN14. The van der Waals surface area contributed by atoms with Gasteiger partial charge in [-0.2, -0.15) is 29.9 Å². The van der Waals surface area contributed by atoms with Crippen molar-refractivity contribution in [1.82, 2.24) is 40.5 Å². The summed E-state index contributed by atoms with van der Waals surface area (Å²) in [4.78, 5) is 23.4. The summed E-state index contributed by atoms with van der Waals surface area (Å²) in [5.74, 6) is 1.37. The zero-order chi connectivity index (χ0) is 25.1. The fourth-order valence-electron chi connectivity index (χ4n) is 3.44. The summed E-state index contributed by atoms with van der Waals surface area (Å²) in [7, 11) is 0. The molecule has 14 nitrogen and oxygen atoms in total. The first-order valence-corrected chi connectivity index (χ1v) is 12.5. The Kier molecular flexibility index (Phi) is 16.6. The van der Waals surface area contributed by atoms with Gasteiger partial charge in [0.05, 0.1) is 0 Å². The molecule has 0 bridgehead atoms. The van der Waals surface area contributed by atoms with Gasteiger partial charge in [-0.3, -0.25) is 0 Å². The van der Waals surface area contributed by atoms with Crippen LogP contribution in [0, 0.1) is 0 Å². The largest absolute Gasteiger partial charge is 0.368 e. The number of unbranched alkanes of at least 4 members (excludes halogenated alkanes) is 6. The third-order valence-corrected chi connectivity index (χ3v) is 5.17. The van der Waals surface area contributed by atoms with Crippen molar-refractivity contribution in [3.63, 3.8) is 0 Å². The van der Waals surface area contributed by atoms with Crippen molar-refractivity contribution in [1.29, 1.82) is 0 Å². The number of nitrogens with one attached hydrogen (secondary N) is 4. The van der Waals surface area contributed by atoms with Crippen LogP contribution < -0.4 is 44.2 Å². The Morgan fingerprint density at radius 2 is 0.694 bits per heavy atom. The minimum absolute atomic E-state index is 0. The first kappa shape index (κ1) is 31.1. The molecule has 0 unspecified atom stereocenters. The monoisotopic (exact) mass is 526 g/mol. The minimum Gasteiger partial charge on any atom is -0.368 e. The van der Waals surface area contributed by atoms with Gasteiger partial charge in [0.1, 0.15) is 0 Å². The number of hydrogen-bond donors (Lipinski definition) is 8. The van der Waals surface area contributed by atoms with Crippen molar-refractivity contribution in [2.24, 2.45) is 0 Å². The van der Waals surface area contributed by atoms with E-state index in [1.807, 2.05) is 0 Å². The zero-order valence-electron chi connectivity index (χ0n) is 21.0. The van der Waals surface area contributed by atoms with Crippen molar-refractivity contribution in [3.8, 4) is 0 Å². The number of rotatable bonds is 20. The topological polar surface area (TPSA) is 230 Å². The molecule has 0 spiro atoms. The smallest absolute Gasteiger partial charge is 0.229 e. The second kappa shape index (κ2) is 19.2. The lowest BCUT2D eigenvalue weighted by molar-refractivity contribution is 0.542. The number of aromatic nitrogens is 6. The van der Waals surface area contributed by atoms with Gasteiger partial charge >= 0.3 is 0 Å². The Morgan fingerprint density at radius 1 is 0.389 bits per heavy atom. The summed E-state index contributed by atoms with van der Waals surface area (Å²) in [5.41, 5.74) is 22.2. The van der Waals surface area contributed by atoms with Crippen LogP contribution in [0.3, 0.4) is 0 Å². The van der Waals surface area contributed by atoms with Gasteiger partial charge in [0.2, 0.25) is 35.7 Å². The number of nitrogens with zero attached hydrogens (tertiary/aromatic N) is 6. The molecular weight excluding hydrogens is 484 g/mol. The molecule has 204 valence electrons. The first-order chi connectivity index (χ1) is 17.0. The molecule has 0 aromatic carbocycles. The average Bonchev–Trinajstić information content (AvgIpc) is 2.79. The Bertz CT molecular complexity index is 732. The summed E-state index contributed by atoms with van der Waals surface area (Å²) in [6.45, 7) is 5.53. The summed E-state index contributed by atoms with van der Waals surface area (Å²) in [5, 5.41) is 13.2. The normalized spacial score (nSPS) is 10.7. The van der Waals surface area contributed by atoms with E-state index in [0.29, 0.717) is 11.9 Å². The maximum absolute atomic E-state index is 5.54. The van der Waals surface area contributed by atoms with Gasteiger partial charge < -0.3 is 44.2 Å². The van der Waals surface area contributed by atoms with Gasteiger partial charge in [-0.05, 0) is 51.9 Å². The van der Waals surface area contributed by atoms with Crippen LogP contribution in [0.1, 0.15) is 57.8 Å². The molecule has 0 amide bonds. The van der Waals surface area contributed by atoms with Gasteiger partial charge in [0.15, 0.2) is 0 Å². The van der Waals surface area contributed by atoms with Gasteiger partial charge in [0, 0.05) is 13.1 Å². The number of nitrogens with two attached hydrogens (primary N) is 4. The molecule has 0 fully saturated rings. The van der Waals surface area contributed by atoms with Crippen LogP contribution in [0.25, 0.3) is 0 Å². The lowest BCUT2D eigenvalue weighted by atomic mass is 10.1. The van der Waals surface area contributed by atoms with Crippen LogP contribution in [0.15, 0.2) is 0 Å². The van der Waals surface area contributed by atoms with E-state index in [4.69, 9.17) is 22.9 Å². The van der Waals surface area contributed by atoms with Crippen molar-refractivity contribution in [2.75, 3.05) is 72.8 Å². The number of hydrogen-bond acceptors (Lipinski definition) is 14. The number of halogens is 1. The SMILES string of the molecule is Cl.Nc1nc(N)nc(NCCCNCCCCCCCCCNCCCNc2nc(N)nc(N)n2)n1. The highest BCUT2D eigenvalue weighted by molar-refractivity contribution is 5.85. The molecule has 0 aliphatic heterocycles. The fraction of sp³-hybridized carbons (Fsp3) is 0.714. The van der Waals surface area contributed by atoms with Crippen LogP contribution in [0.2, 0.25) is 0 Å². The lowest BCUT2D eigenvalue weighted by Crippen LogP contribution is -2.20. The molecule has 0 saturated carbocycles. The van der Waals surface area contributed by atoms with Crippen molar-refractivity contribution in [3.05, 3.63) is 0 Å². The van der Waals surface area contributed by atoms with E-state index in [1.54, 1.807) is 0 Å². The first-order valence-electron chi connectivity index (χ1n) is 12.5. The van der Waals surface area contributed by atoms with Gasteiger partial charge in [-0.15, -0.1) is 12.4 Å². The second-order valence-corrected chi connectivity index (χ2v) is 8.29. The van der Waals surface area contributed by atoms with E-state index in [1.165, 1.54) is 44.9 Å². The Hall–Kier alpha value is -2.97. The standard InChI is InChI=1S/C21H42N14.ClH/c22-16-30-17(23)33-20(32-16)28-14-8-12-26-10-6-4-2-1-3-5-7-11-27-13-9-15-29-21-34-18(24)31-19(25)35-21;/h26-27H,1-15H2,(H5,22,23,28,30,32,33)(H5,24,25,29,31,34,35);1H. The molecule has 0 radical (unpaired) electrons.